The number of nitrogens with zero attached hydrogens (tertiary/aromatic N) is 3. The van der Waals surface area contributed by atoms with Crippen LogP contribution >= 0.6 is 11.3 Å². The van der Waals surface area contributed by atoms with Gasteiger partial charge in [0.05, 0.1) is 12.7 Å². The second kappa shape index (κ2) is 5.00. The fraction of sp³-hybridized carbons (Fsp3) is 0.300. The minimum Gasteiger partial charge on any atom is -0.329 e. The van der Waals surface area contributed by atoms with Gasteiger partial charge in [-0.25, -0.2) is 0 Å². The van der Waals surface area contributed by atoms with Gasteiger partial charge < -0.3 is 5.73 Å². The van der Waals surface area contributed by atoms with Crippen molar-refractivity contribution < 1.29 is 4.79 Å². The fourth-order valence-corrected chi connectivity index (χ4v) is 2.01. The van der Waals surface area contributed by atoms with Crippen LogP contribution in [0.3, 0.4) is 0 Å². The van der Waals surface area contributed by atoms with Gasteiger partial charge in [0.25, 0.3) is 0 Å². The standard InChI is InChI=1S/C10H12N4OS/c11-2-3-14-6-9(12-13-14)10(15)5-8-1-4-16-7-8/h1,4,6-7H,2-3,5,11H2. The first kappa shape index (κ1) is 11.0. The van der Waals surface area contributed by atoms with Crippen LogP contribution in [-0.2, 0) is 13.0 Å². The van der Waals surface area contributed by atoms with Crippen molar-refractivity contribution in [2.24, 2.45) is 5.73 Å². The van der Waals surface area contributed by atoms with Gasteiger partial charge in [0.15, 0.2) is 5.78 Å². The van der Waals surface area contributed by atoms with Gasteiger partial charge in [-0.3, -0.25) is 9.48 Å². The molecule has 84 valence electrons. The predicted octanol–water partition coefficient (Wildman–Crippen LogP) is 0.724. The average Bonchev–Trinajstić information content (AvgIpc) is 2.89. The third-order valence-electron chi connectivity index (χ3n) is 2.13. The van der Waals surface area contributed by atoms with Crippen molar-refractivity contribution in [1.29, 1.82) is 0 Å². The summed E-state index contributed by atoms with van der Waals surface area (Å²) >= 11 is 1.58. The zero-order valence-electron chi connectivity index (χ0n) is 8.67. The van der Waals surface area contributed by atoms with Crippen molar-refractivity contribution in [3.63, 3.8) is 0 Å². The molecule has 5 nitrogen and oxygen atoms in total. The van der Waals surface area contributed by atoms with E-state index < -0.39 is 0 Å². The normalized spacial score (nSPS) is 10.6. The second-order valence-corrected chi connectivity index (χ2v) is 4.17. The van der Waals surface area contributed by atoms with E-state index in [1.165, 1.54) is 0 Å². The van der Waals surface area contributed by atoms with Crippen molar-refractivity contribution >= 4 is 17.1 Å². The number of ketones is 1. The lowest BCUT2D eigenvalue weighted by Gasteiger charge is -1.94. The highest BCUT2D eigenvalue weighted by atomic mass is 32.1. The molecular weight excluding hydrogens is 224 g/mol. The largest absolute Gasteiger partial charge is 0.329 e. The highest BCUT2D eigenvalue weighted by Gasteiger charge is 2.11. The van der Waals surface area contributed by atoms with E-state index in [1.54, 1.807) is 22.2 Å². The maximum atomic E-state index is 11.8. The van der Waals surface area contributed by atoms with Crippen molar-refractivity contribution in [2.75, 3.05) is 6.54 Å². The van der Waals surface area contributed by atoms with E-state index in [0.29, 0.717) is 25.2 Å². The van der Waals surface area contributed by atoms with Gasteiger partial charge in [-0.2, -0.15) is 11.3 Å². The highest BCUT2D eigenvalue weighted by Crippen LogP contribution is 2.09. The molecule has 0 aliphatic heterocycles. The molecule has 2 aromatic rings. The molecule has 2 rings (SSSR count). The van der Waals surface area contributed by atoms with Crippen molar-refractivity contribution in [2.45, 2.75) is 13.0 Å². The Bertz CT molecular complexity index is 463. The van der Waals surface area contributed by atoms with Gasteiger partial charge in [0.1, 0.15) is 5.69 Å². The molecule has 0 fully saturated rings. The Hall–Kier alpha value is -1.53. The number of nitrogens with two attached hydrogens (primary N) is 1. The van der Waals surface area contributed by atoms with Crippen molar-refractivity contribution in [1.82, 2.24) is 15.0 Å². The number of rotatable bonds is 5. The molecule has 0 bridgehead atoms. The third kappa shape index (κ3) is 2.53. The number of thiophene rings is 1. The van der Waals surface area contributed by atoms with Gasteiger partial charge in [0.2, 0.25) is 0 Å². The van der Waals surface area contributed by atoms with Crippen LogP contribution in [0.2, 0.25) is 0 Å². The summed E-state index contributed by atoms with van der Waals surface area (Å²) in [6, 6.07) is 1.94. The summed E-state index contributed by atoms with van der Waals surface area (Å²) in [7, 11) is 0. The fourth-order valence-electron chi connectivity index (χ4n) is 1.34. The third-order valence-corrected chi connectivity index (χ3v) is 2.86. The van der Waals surface area contributed by atoms with Crippen molar-refractivity contribution in [3.05, 3.63) is 34.3 Å². The van der Waals surface area contributed by atoms with Crippen LogP contribution in [-0.4, -0.2) is 27.3 Å². The molecule has 0 spiro atoms. The van der Waals surface area contributed by atoms with E-state index in [9.17, 15) is 4.79 Å². The lowest BCUT2D eigenvalue weighted by Crippen LogP contribution is -2.10. The molecule has 16 heavy (non-hydrogen) atoms. The lowest BCUT2D eigenvalue weighted by molar-refractivity contribution is 0.0988. The van der Waals surface area contributed by atoms with Crippen LogP contribution in [0.1, 0.15) is 16.1 Å². The average molecular weight is 236 g/mol. The molecule has 0 unspecified atom stereocenters. The quantitative estimate of drug-likeness (QED) is 0.776. The summed E-state index contributed by atoms with van der Waals surface area (Å²) in [4.78, 5) is 11.8. The highest BCUT2D eigenvalue weighted by molar-refractivity contribution is 7.08. The number of aromatic nitrogens is 3. The summed E-state index contributed by atoms with van der Waals surface area (Å²) in [6.45, 7) is 1.07. The van der Waals surface area contributed by atoms with Crippen LogP contribution in [0.4, 0.5) is 0 Å². The summed E-state index contributed by atoms with van der Waals surface area (Å²) < 4.78 is 1.58. The molecule has 2 N–H and O–H groups in total. The molecule has 0 aliphatic carbocycles. The molecule has 2 heterocycles. The van der Waals surface area contributed by atoms with E-state index in [0.717, 1.165) is 5.56 Å². The molecule has 0 saturated heterocycles. The summed E-state index contributed by atoms with van der Waals surface area (Å²) in [6.07, 6.45) is 2.02. The maximum Gasteiger partial charge on any atom is 0.189 e. The van der Waals surface area contributed by atoms with Gasteiger partial charge in [-0.05, 0) is 22.4 Å². The second-order valence-electron chi connectivity index (χ2n) is 3.39. The monoisotopic (exact) mass is 236 g/mol. The maximum absolute atomic E-state index is 11.8. The van der Waals surface area contributed by atoms with Crippen LogP contribution in [0.15, 0.2) is 23.0 Å². The first-order valence-corrected chi connectivity index (χ1v) is 5.88. The molecule has 6 heteroatoms. The van der Waals surface area contributed by atoms with E-state index in [1.807, 2.05) is 16.8 Å². The van der Waals surface area contributed by atoms with Crippen LogP contribution in [0.5, 0.6) is 0 Å². The number of hydrogen-bond donors (Lipinski definition) is 1. The molecule has 0 radical (unpaired) electrons. The Morgan fingerprint density at radius 3 is 3.12 bits per heavy atom. The van der Waals surface area contributed by atoms with E-state index >= 15 is 0 Å². The molecule has 0 aromatic carbocycles. The van der Waals surface area contributed by atoms with Crippen LogP contribution in [0, 0.1) is 0 Å². The van der Waals surface area contributed by atoms with Crippen LogP contribution in [0.25, 0.3) is 0 Å². The SMILES string of the molecule is NCCn1cc(C(=O)Cc2ccsc2)nn1. The number of hydrogen-bond acceptors (Lipinski definition) is 5. The smallest absolute Gasteiger partial charge is 0.189 e. The topological polar surface area (TPSA) is 73.8 Å². The number of Topliss-reactive ketones (excluding diaryl/α,β-unsaturated/α-hetero) is 1. The van der Waals surface area contributed by atoms with Gasteiger partial charge in [-0.1, -0.05) is 5.21 Å². The molecular formula is C10H12N4OS. The zero-order valence-corrected chi connectivity index (χ0v) is 9.48. The summed E-state index contributed by atoms with van der Waals surface area (Å²) in [5.41, 5.74) is 6.80. The Morgan fingerprint density at radius 1 is 1.56 bits per heavy atom. The lowest BCUT2D eigenvalue weighted by atomic mass is 10.1. The Labute approximate surface area is 96.9 Å². The summed E-state index contributed by atoms with van der Waals surface area (Å²) in [5, 5.41) is 11.6. The number of carbonyl (C=O) groups is 1. The van der Waals surface area contributed by atoms with E-state index in [4.69, 9.17) is 5.73 Å². The first-order chi connectivity index (χ1) is 7.79. The van der Waals surface area contributed by atoms with E-state index in [2.05, 4.69) is 10.3 Å². The number of carbonyl (C=O) groups excluding carboxylic acids is 1. The molecule has 2 aromatic heterocycles. The molecule has 0 saturated carbocycles. The molecule has 0 amide bonds. The Morgan fingerprint density at radius 2 is 2.44 bits per heavy atom. The molecule has 0 atom stereocenters. The zero-order chi connectivity index (χ0) is 11.4. The Kier molecular flexibility index (Phi) is 3.43. The van der Waals surface area contributed by atoms with Crippen LogP contribution < -0.4 is 5.73 Å². The molecule has 0 aliphatic rings. The van der Waals surface area contributed by atoms with Gasteiger partial charge in [0, 0.05) is 13.0 Å². The first-order valence-electron chi connectivity index (χ1n) is 4.94. The predicted molar refractivity (Wildman–Crippen MR) is 61.4 cm³/mol. The van der Waals surface area contributed by atoms with Gasteiger partial charge in [-0.15, -0.1) is 5.10 Å². The van der Waals surface area contributed by atoms with Crippen molar-refractivity contribution in [3.8, 4) is 0 Å². The summed E-state index contributed by atoms with van der Waals surface area (Å²) in [5.74, 6) is -0.0123. The minimum absolute atomic E-state index is 0.0123. The van der Waals surface area contributed by atoms with E-state index in [-0.39, 0.29) is 5.78 Å². The Balaban J connectivity index is 2.03. The minimum atomic E-state index is -0.0123. The van der Waals surface area contributed by atoms with Gasteiger partial charge >= 0.3 is 0 Å².